The predicted octanol–water partition coefficient (Wildman–Crippen LogP) is 3.03. The zero-order valence-electron chi connectivity index (χ0n) is 12.6. The molecule has 0 spiro atoms. The summed E-state index contributed by atoms with van der Waals surface area (Å²) in [4.78, 5) is 12.6. The van der Waals surface area contributed by atoms with E-state index < -0.39 is 0 Å². The summed E-state index contributed by atoms with van der Waals surface area (Å²) in [6, 6.07) is 14.7. The van der Waals surface area contributed by atoms with Crippen molar-refractivity contribution in [2.75, 3.05) is 5.32 Å². The molecule has 1 aliphatic carbocycles. The van der Waals surface area contributed by atoms with Crippen molar-refractivity contribution in [1.82, 2.24) is 5.32 Å². The second-order valence-corrected chi connectivity index (χ2v) is 6.28. The molecule has 1 unspecified atom stereocenters. The molecule has 3 heteroatoms. The van der Waals surface area contributed by atoms with Gasteiger partial charge in [-0.1, -0.05) is 30.3 Å². The Kier molecular flexibility index (Phi) is 3.43. The van der Waals surface area contributed by atoms with Crippen molar-refractivity contribution in [2.45, 2.75) is 32.4 Å². The smallest absolute Gasteiger partial charge is 0.227 e. The first-order chi connectivity index (χ1) is 10.8. The second kappa shape index (κ2) is 5.58. The number of amides is 1. The van der Waals surface area contributed by atoms with Crippen molar-refractivity contribution in [2.24, 2.45) is 5.92 Å². The predicted molar refractivity (Wildman–Crippen MR) is 87.6 cm³/mol. The molecule has 3 nitrogen and oxygen atoms in total. The molecule has 2 aromatic rings. The molecule has 0 bridgehead atoms. The summed E-state index contributed by atoms with van der Waals surface area (Å²) in [6.45, 7) is 1.83. The lowest BCUT2D eigenvalue weighted by Gasteiger charge is -2.23. The van der Waals surface area contributed by atoms with E-state index in [9.17, 15) is 4.79 Å². The Hall–Kier alpha value is -2.13. The van der Waals surface area contributed by atoms with E-state index in [-0.39, 0.29) is 11.8 Å². The standard InChI is InChI=1S/C19H20N2O/c22-19(15-6-5-13-3-1-2-4-14(13)9-15)21-18-8-7-16-11-20-12-17(16)10-18/h1-4,7-8,10,15,20H,5-6,9,11-12H2,(H,21,22). The van der Waals surface area contributed by atoms with Crippen LogP contribution in [-0.4, -0.2) is 5.91 Å². The molecule has 1 aliphatic heterocycles. The normalized spacial score (nSPS) is 19.4. The van der Waals surface area contributed by atoms with E-state index in [4.69, 9.17) is 0 Å². The summed E-state index contributed by atoms with van der Waals surface area (Å²) in [7, 11) is 0. The van der Waals surface area contributed by atoms with Gasteiger partial charge in [0.05, 0.1) is 0 Å². The molecule has 2 aliphatic rings. The summed E-state index contributed by atoms with van der Waals surface area (Å²) in [6.07, 6.45) is 2.80. The maximum Gasteiger partial charge on any atom is 0.227 e. The van der Waals surface area contributed by atoms with Crippen molar-refractivity contribution in [3.63, 3.8) is 0 Å². The molecular weight excluding hydrogens is 272 g/mol. The molecule has 2 N–H and O–H groups in total. The first-order valence-electron chi connectivity index (χ1n) is 8.00. The maximum atomic E-state index is 12.6. The molecule has 22 heavy (non-hydrogen) atoms. The molecule has 1 atom stereocenters. The SMILES string of the molecule is O=C(Nc1ccc2c(c1)CNC2)C1CCc2ccccc2C1. The Labute approximate surface area is 130 Å². The number of hydrogen-bond donors (Lipinski definition) is 2. The number of rotatable bonds is 2. The molecule has 2 aromatic carbocycles. The molecule has 1 amide bonds. The Morgan fingerprint density at radius 1 is 1.00 bits per heavy atom. The largest absolute Gasteiger partial charge is 0.326 e. The van der Waals surface area contributed by atoms with Gasteiger partial charge in [-0.05, 0) is 53.6 Å². The van der Waals surface area contributed by atoms with Crippen LogP contribution in [0.5, 0.6) is 0 Å². The lowest BCUT2D eigenvalue weighted by molar-refractivity contribution is -0.120. The third-order valence-corrected chi connectivity index (χ3v) is 4.82. The molecule has 0 radical (unpaired) electrons. The van der Waals surface area contributed by atoms with Crippen LogP contribution >= 0.6 is 0 Å². The number of anilines is 1. The lowest BCUT2D eigenvalue weighted by Crippen LogP contribution is -2.28. The minimum atomic E-state index is 0.0845. The van der Waals surface area contributed by atoms with Gasteiger partial charge >= 0.3 is 0 Å². The Morgan fingerprint density at radius 2 is 1.82 bits per heavy atom. The molecule has 4 rings (SSSR count). The van der Waals surface area contributed by atoms with Gasteiger partial charge in [0.2, 0.25) is 5.91 Å². The van der Waals surface area contributed by atoms with Crippen molar-refractivity contribution < 1.29 is 4.79 Å². The highest BCUT2D eigenvalue weighted by molar-refractivity contribution is 5.93. The van der Waals surface area contributed by atoms with Crippen LogP contribution in [0.25, 0.3) is 0 Å². The van der Waals surface area contributed by atoms with Crippen molar-refractivity contribution in [1.29, 1.82) is 0 Å². The molecule has 0 saturated heterocycles. The van der Waals surface area contributed by atoms with E-state index in [0.29, 0.717) is 0 Å². The molecule has 0 saturated carbocycles. The number of nitrogens with one attached hydrogen (secondary N) is 2. The van der Waals surface area contributed by atoms with Crippen LogP contribution in [0.2, 0.25) is 0 Å². The zero-order chi connectivity index (χ0) is 14.9. The average Bonchev–Trinajstić information content (AvgIpc) is 3.02. The van der Waals surface area contributed by atoms with Crippen LogP contribution in [0.15, 0.2) is 42.5 Å². The number of carbonyl (C=O) groups is 1. The quantitative estimate of drug-likeness (QED) is 0.893. The van der Waals surface area contributed by atoms with Gasteiger partial charge in [0, 0.05) is 24.7 Å². The van der Waals surface area contributed by atoms with E-state index in [1.165, 1.54) is 22.3 Å². The Balaban J connectivity index is 1.47. The molecular formula is C19H20N2O. The van der Waals surface area contributed by atoms with Crippen LogP contribution in [-0.2, 0) is 30.7 Å². The molecule has 0 aromatic heterocycles. The second-order valence-electron chi connectivity index (χ2n) is 6.28. The van der Waals surface area contributed by atoms with Gasteiger partial charge in [-0.15, -0.1) is 0 Å². The highest BCUT2D eigenvalue weighted by Crippen LogP contribution is 2.27. The van der Waals surface area contributed by atoms with E-state index in [0.717, 1.165) is 38.0 Å². The van der Waals surface area contributed by atoms with Crippen molar-refractivity contribution in [3.05, 3.63) is 64.7 Å². The van der Waals surface area contributed by atoms with Gasteiger partial charge in [-0.25, -0.2) is 0 Å². The first kappa shape index (κ1) is 13.5. The Bertz CT molecular complexity index is 723. The van der Waals surface area contributed by atoms with Gasteiger partial charge in [0.1, 0.15) is 0 Å². The first-order valence-corrected chi connectivity index (χ1v) is 8.00. The van der Waals surface area contributed by atoms with E-state index in [1.807, 2.05) is 6.07 Å². The minimum absolute atomic E-state index is 0.0845. The number of carbonyl (C=O) groups excluding carboxylic acids is 1. The van der Waals surface area contributed by atoms with Gasteiger partial charge < -0.3 is 10.6 Å². The highest BCUT2D eigenvalue weighted by Gasteiger charge is 2.24. The summed E-state index contributed by atoms with van der Waals surface area (Å²) in [5.74, 6) is 0.238. The van der Waals surface area contributed by atoms with Crippen molar-refractivity contribution in [3.8, 4) is 0 Å². The molecule has 1 heterocycles. The van der Waals surface area contributed by atoms with Gasteiger partial charge in [-0.3, -0.25) is 4.79 Å². The number of aryl methyl sites for hydroxylation is 1. The van der Waals surface area contributed by atoms with Crippen LogP contribution in [0, 0.1) is 5.92 Å². The molecule has 0 fully saturated rings. The summed E-state index contributed by atoms with van der Waals surface area (Å²) >= 11 is 0. The number of fused-ring (bicyclic) bond motifs is 2. The van der Waals surface area contributed by atoms with Crippen molar-refractivity contribution >= 4 is 11.6 Å². The minimum Gasteiger partial charge on any atom is -0.326 e. The van der Waals surface area contributed by atoms with Gasteiger partial charge in [0.15, 0.2) is 0 Å². The fraction of sp³-hybridized carbons (Fsp3) is 0.316. The van der Waals surface area contributed by atoms with E-state index in [1.54, 1.807) is 0 Å². The van der Waals surface area contributed by atoms with Gasteiger partial charge in [0.25, 0.3) is 0 Å². The third kappa shape index (κ3) is 2.53. The summed E-state index contributed by atoms with van der Waals surface area (Å²) < 4.78 is 0. The van der Waals surface area contributed by atoms with Gasteiger partial charge in [-0.2, -0.15) is 0 Å². The highest BCUT2D eigenvalue weighted by atomic mass is 16.1. The average molecular weight is 292 g/mol. The molecule has 112 valence electrons. The van der Waals surface area contributed by atoms with E-state index in [2.05, 4.69) is 47.0 Å². The van der Waals surface area contributed by atoms with Crippen LogP contribution < -0.4 is 10.6 Å². The fourth-order valence-corrected chi connectivity index (χ4v) is 3.54. The fourth-order valence-electron chi connectivity index (χ4n) is 3.54. The van der Waals surface area contributed by atoms with Crippen LogP contribution in [0.1, 0.15) is 28.7 Å². The topological polar surface area (TPSA) is 41.1 Å². The van der Waals surface area contributed by atoms with E-state index >= 15 is 0 Å². The summed E-state index contributed by atoms with van der Waals surface area (Å²) in [5.41, 5.74) is 6.28. The lowest BCUT2D eigenvalue weighted by atomic mass is 9.83. The zero-order valence-corrected chi connectivity index (χ0v) is 12.6. The number of benzene rings is 2. The Morgan fingerprint density at radius 3 is 2.73 bits per heavy atom. The monoisotopic (exact) mass is 292 g/mol. The van der Waals surface area contributed by atoms with Crippen LogP contribution in [0.4, 0.5) is 5.69 Å². The summed E-state index contributed by atoms with van der Waals surface area (Å²) in [5, 5.41) is 6.44. The number of hydrogen-bond acceptors (Lipinski definition) is 2. The third-order valence-electron chi connectivity index (χ3n) is 4.82. The van der Waals surface area contributed by atoms with Crippen LogP contribution in [0.3, 0.4) is 0 Å². The maximum absolute atomic E-state index is 12.6.